The fraction of sp³-hybridized carbons (Fsp3) is 0.917. The second-order valence-corrected chi connectivity index (χ2v) is 4.32. The van der Waals surface area contributed by atoms with Crippen LogP contribution in [0.5, 0.6) is 0 Å². The number of rotatable bonds is 5. The molecule has 0 heterocycles. The molecule has 0 aromatic heterocycles. The van der Waals surface area contributed by atoms with E-state index in [0.29, 0.717) is 13.1 Å². The number of carbonyl (C=O) groups excluding carboxylic acids is 1. The van der Waals surface area contributed by atoms with Gasteiger partial charge in [0.1, 0.15) is 0 Å². The van der Waals surface area contributed by atoms with Crippen molar-refractivity contribution in [2.24, 2.45) is 5.92 Å². The third-order valence-electron chi connectivity index (χ3n) is 3.17. The van der Waals surface area contributed by atoms with Gasteiger partial charge >= 0.3 is 0 Å². The zero-order chi connectivity index (χ0) is 10.1. The Hall–Kier alpha value is -0.530. The highest BCUT2D eigenvalue weighted by atomic mass is 16.5. The van der Waals surface area contributed by atoms with E-state index in [1.807, 2.05) is 0 Å². The predicted molar refractivity (Wildman–Crippen MR) is 57.1 cm³/mol. The summed E-state index contributed by atoms with van der Waals surface area (Å²) in [5.74, 6) is 0.894. The van der Waals surface area contributed by atoms with Gasteiger partial charge in [-0.05, 0) is 18.8 Å². The lowest BCUT2D eigenvalue weighted by Crippen LogP contribution is -2.05. The molecule has 0 N–H and O–H groups in total. The van der Waals surface area contributed by atoms with Crippen molar-refractivity contribution in [3.05, 3.63) is 0 Å². The van der Waals surface area contributed by atoms with Gasteiger partial charge < -0.3 is 4.74 Å². The van der Waals surface area contributed by atoms with Crippen molar-refractivity contribution in [3.8, 4) is 0 Å². The van der Waals surface area contributed by atoms with Crippen LogP contribution in [0.2, 0.25) is 0 Å². The molecule has 1 saturated carbocycles. The maximum absolute atomic E-state index is 9.93. The van der Waals surface area contributed by atoms with Crippen molar-refractivity contribution in [2.45, 2.75) is 57.8 Å². The Balaban J connectivity index is 2.04. The molecule has 0 bridgehead atoms. The van der Waals surface area contributed by atoms with Gasteiger partial charge in [-0.2, -0.15) is 0 Å². The molecule has 2 heteroatoms. The summed E-state index contributed by atoms with van der Waals surface area (Å²) in [4.78, 5) is 9.93. The minimum atomic E-state index is 0.554. The maximum Gasteiger partial charge on any atom is 0.293 e. The standard InChI is InChI=1S/C12H22O2/c13-11-14-10-6-9-12-7-4-2-1-3-5-8-12/h11-12H,1-10H2. The van der Waals surface area contributed by atoms with E-state index in [-0.39, 0.29) is 0 Å². The molecule has 1 rings (SSSR count). The summed E-state index contributed by atoms with van der Waals surface area (Å²) in [7, 11) is 0. The van der Waals surface area contributed by atoms with E-state index in [2.05, 4.69) is 0 Å². The molecule has 1 aliphatic rings. The van der Waals surface area contributed by atoms with Crippen LogP contribution < -0.4 is 0 Å². The molecule has 0 radical (unpaired) electrons. The summed E-state index contributed by atoms with van der Waals surface area (Å²) >= 11 is 0. The topological polar surface area (TPSA) is 26.3 Å². The molecule has 0 atom stereocenters. The average Bonchev–Trinajstić information content (AvgIpc) is 2.15. The fourth-order valence-corrected chi connectivity index (χ4v) is 2.33. The third-order valence-corrected chi connectivity index (χ3v) is 3.17. The molecule has 2 nitrogen and oxygen atoms in total. The Kier molecular flexibility index (Phi) is 6.46. The highest BCUT2D eigenvalue weighted by molar-refractivity contribution is 5.36. The second kappa shape index (κ2) is 7.84. The van der Waals surface area contributed by atoms with Crippen LogP contribution in [0.3, 0.4) is 0 Å². The van der Waals surface area contributed by atoms with Gasteiger partial charge in [-0.1, -0.05) is 44.9 Å². The lowest BCUT2D eigenvalue weighted by atomic mass is 9.88. The second-order valence-electron chi connectivity index (χ2n) is 4.32. The van der Waals surface area contributed by atoms with Crippen LogP contribution in [0.4, 0.5) is 0 Å². The Bertz CT molecular complexity index is 137. The Morgan fingerprint density at radius 1 is 1.07 bits per heavy atom. The molecule has 14 heavy (non-hydrogen) atoms. The lowest BCUT2D eigenvalue weighted by Gasteiger charge is -2.19. The normalized spacial score (nSPS) is 19.7. The van der Waals surface area contributed by atoms with Crippen molar-refractivity contribution < 1.29 is 9.53 Å². The molecular weight excluding hydrogens is 176 g/mol. The number of hydrogen-bond donors (Lipinski definition) is 0. The summed E-state index contributed by atoms with van der Waals surface area (Å²) in [6.45, 7) is 1.16. The summed E-state index contributed by atoms with van der Waals surface area (Å²) in [6, 6.07) is 0. The van der Waals surface area contributed by atoms with Crippen LogP contribution in [0.15, 0.2) is 0 Å². The van der Waals surface area contributed by atoms with E-state index >= 15 is 0 Å². The zero-order valence-corrected chi connectivity index (χ0v) is 9.04. The Morgan fingerprint density at radius 3 is 2.36 bits per heavy atom. The quantitative estimate of drug-likeness (QED) is 0.500. The summed E-state index contributed by atoms with van der Waals surface area (Å²) < 4.78 is 4.70. The minimum absolute atomic E-state index is 0.554. The first-order valence-electron chi connectivity index (χ1n) is 5.98. The first-order valence-corrected chi connectivity index (χ1v) is 5.98. The summed E-state index contributed by atoms with van der Waals surface area (Å²) in [6.07, 6.45) is 12.1. The van der Waals surface area contributed by atoms with Gasteiger partial charge in [0.25, 0.3) is 6.47 Å². The van der Waals surface area contributed by atoms with E-state index in [9.17, 15) is 4.79 Å². The van der Waals surface area contributed by atoms with E-state index in [1.54, 1.807) is 0 Å². The van der Waals surface area contributed by atoms with Crippen LogP contribution in [0, 0.1) is 5.92 Å². The average molecular weight is 198 g/mol. The van der Waals surface area contributed by atoms with Crippen LogP contribution >= 0.6 is 0 Å². The number of hydrogen-bond acceptors (Lipinski definition) is 2. The molecule has 82 valence electrons. The van der Waals surface area contributed by atoms with Gasteiger partial charge in [0.05, 0.1) is 6.61 Å². The highest BCUT2D eigenvalue weighted by Crippen LogP contribution is 2.25. The smallest absolute Gasteiger partial charge is 0.293 e. The van der Waals surface area contributed by atoms with E-state index < -0.39 is 0 Å². The number of carbonyl (C=O) groups is 1. The van der Waals surface area contributed by atoms with Gasteiger partial charge in [-0.15, -0.1) is 0 Å². The zero-order valence-electron chi connectivity index (χ0n) is 9.04. The van der Waals surface area contributed by atoms with Crippen LogP contribution in [0.1, 0.15) is 57.8 Å². The molecule has 0 saturated heterocycles. The van der Waals surface area contributed by atoms with Crippen molar-refractivity contribution >= 4 is 6.47 Å². The first kappa shape index (κ1) is 11.5. The van der Waals surface area contributed by atoms with Crippen molar-refractivity contribution in [1.29, 1.82) is 0 Å². The van der Waals surface area contributed by atoms with Gasteiger partial charge in [0, 0.05) is 0 Å². The maximum atomic E-state index is 9.93. The molecule has 0 spiro atoms. The molecule has 1 aliphatic carbocycles. The van der Waals surface area contributed by atoms with Gasteiger partial charge in [-0.3, -0.25) is 4.79 Å². The van der Waals surface area contributed by atoms with E-state index in [1.165, 1.54) is 51.4 Å². The van der Waals surface area contributed by atoms with Crippen LogP contribution in [-0.2, 0) is 9.53 Å². The van der Waals surface area contributed by atoms with Crippen molar-refractivity contribution in [1.82, 2.24) is 0 Å². The Labute approximate surface area is 87.0 Å². The van der Waals surface area contributed by atoms with Crippen LogP contribution in [-0.4, -0.2) is 13.1 Å². The molecule has 0 aliphatic heterocycles. The summed E-state index contributed by atoms with van der Waals surface area (Å²) in [5.41, 5.74) is 0. The molecule has 0 aromatic carbocycles. The van der Waals surface area contributed by atoms with Gasteiger partial charge in [-0.25, -0.2) is 0 Å². The highest BCUT2D eigenvalue weighted by Gasteiger charge is 2.10. The Morgan fingerprint density at radius 2 is 1.71 bits per heavy atom. The third kappa shape index (κ3) is 5.25. The van der Waals surface area contributed by atoms with E-state index in [0.717, 1.165) is 12.3 Å². The molecular formula is C12H22O2. The molecule has 0 aromatic rings. The van der Waals surface area contributed by atoms with Crippen molar-refractivity contribution in [2.75, 3.05) is 6.61 Å². The largest absolute Gasteiger partial charge is 0.468 e. The van der Waals surface area contributed by atoms with Gasteiger partial charge in [0.2, 0.25) is 0 Å². The van der Waals surface area contributed by atoms with E-state index in [4.69, 9.17) is 4.74 Å². The minimum Gasteiger partial charge on any atom is -0.468 e. The number of ether oxygens (including phenoxy) is 1. The predicted octanol–water partition coefficient (Wildman–Crippen LogP) is 3.30. The van der Waals surface area contributed by atoms with Crippen molar-refractivity contribution in [3.63, 3.8) is 0 Å². The first-order chi connectivity index (χ1) is 6.93. The fourth-order valence-electron chi connectivity index (χ4n) is 2.33. The van der Waals surface area contributed by atoms with Gasteiger partial charge in [0.15, 0.2) is 0 Å². The molecule has 1 fully saturated rings. The monoisotopic (exact) mass is 198 g/mol. The molecule has 0 unspecified atom stereocenters. The lowest BCUT2D eigenvalue weighted by molar-refractivity contribution is -0.128. The molecule has 0 amide bonds. The summed E-state index contributed by atoms with van der Waals surface area (Å²) in [5, 5.41) is 0. The van der Waals surface area contributed by atoms with Crippen LogP contribution in [0.25, 0.3) is 0 Å². The SMILES string of the molecule is O=COCCCC1CCCCCCC1.